The molecule has 1 N–H and O–H groups in total. The number of benzene rings is 4. The summed E-state index contributed by atoms with van der Waals surface area (Å²) in [6.07, 6.45) is 0. The standard InChI is InChI=1S/C32H34O6S/c1-4-37-22-29-20-27(11-16-32(29)36-3)25-9-14-31(15-10-25)39(34,35)30-12-7-24(8-13-30)26-6-5-23(2)28(19-26)21-38-18-17-33/h5-16,19-20,33H,4,17-18,21-22H2,1-3H3. The molecule has 0 bridgehead atoms. The largest absolute Gasteiger partial charge is 0.496 e. The molecule has 0 aliphatic heterocycles. The van der Waals surface area contributed by atoms with Crippen molar-refractivity contribution in [2.24, 2.45) is 0 Å². The van der Waals surface area contributed by atoms with Crippen molar-refractivity contribution in [3.05, 3.63) is 102 Å². The van der Waals surface area contributed by atoms with E-state index in [1.54, 1.807) is 31.4 Å². The Morgan fingerprint density at radius 2 is 1.21 bits per heavy atom. The number of ether oxygens (including phenoxy) is 3. The van der Waals surface area contributed by atoms with Gasteiger partial charge in [0.2, 0.25) is 9.84 Å². The molecular formula is C32H34O6S. The second-order valence-electron chi connectivity index (χ2n) is 9.13. The Morgan fingerprint density at radius 3 is 1.74 bits per heavy atom. The van der Waals surface area contributed by atoms with Crippen LogP contribution in [0, 0.1) is 6.92 Å². The molecule has 0 aliphatic carbocycles. The fourth-order valence-electron chi connectivity index (χ4n) is 4.33. The Hall–Kier alpha value is -3.49. The third-order valence-electron chi connectivity index (χ3n) is 6.58. The van der Waals surface area contributed by atoms with Gasteiger partial charge in [-0.05, 0) is 89.7 Å². The Labute approximate surface area is 230 Å². The molecule has 0 atom stereocenters. The van der Waals surface area contributed by atoms with Crippen molar-refractivity contribution in [3.63, 3.8) is 0 Å². The molecule has 0 heterocycles. The minimum absolute atomic E-state index is 0.0196. The van der Waals surface area contributed by atoms with E-state index in [0.717, 1.165) is 44.7 Å². The maximum Gasteiger partial charge on any atom is 0.206 e. The third-order valence-corrected chi connectivity index (χ3v) is 8.37. The highest BCUT2D eigenvalue weighted by atomic mass is 32.2. The summed E-state index contributed by atoms with van der Waals surface area (Å²) in [6.45, 7) is 5.68. The van der Waals surface area contributed by atoms with E-state index >= 15 is 0 Å². The third kappa shape index (κ3) is 6.75. The molecule has 6 nitrogen and oxygen atoms in total. The molecule has 204 valence electrons. The Morgan fingerprint density at radius 1 is 0.692 bits per heavy atom. The van der Waals surface area contributed by atoms with Crippen LogP contribution in [0.15, 0.2) is 94.7 Å². The molecule has 0 spiro atoms. The van der Waals surface area contributed by atoms with Gasteiger partial charge < -0.3 is 19.3 Å². The van der Waals surface area contributed by atoms with Crippen molar-refractivity contribution < 1.29 is 27.7 Å². The molecular weight excluding hydrogens is 512 g/mol. The van der Waals surface area contributed by atoms with Gasteiger partial charge in [0.1, 0.15) is 5.75 Å². The van der Waals surface area contributed by atoms with Gasteiger partial charge in [0, 0.05) is 12.2 Å². The number of rotatable bonds is 12. The lowest BCUT2D eigenvalue weighted by molar-refractivity contribution is 0.0813. The Bertz CT molecular complexity index is 1490. The van der Waals surface area contributed by atoms with E-state index in [-0.39, 0.29) is 23.0 Å². The monoisotopic (exact) mass is 546 g/mol. The molecule has 4 rings (SSSR count). The lowest BCUT2D eigenvalue weighted by Crippen LogP contribution is -2.02. The summed E-state index contributed by atoms with van der Waals surface area (Å²) in [5.41, 5.74) is 6.81. The van der Waals surface area contributed by atoms with Crippen LogP contribution in [0.4, 0.5) is 0 Å². The van der Waals surface area contributed by atoms with Crippen LogP contribution in [-0.2, 0) is 32.5 Å². The molecule has 0 radical (unpaired) electrons. The molecule has 39 heavy (non-hydrogen) atoms. The van der Waals surface area contributed by atoms with Crippen molar-refractivity contribution in [3.8, 4) is 28.0 Å². The summed E-state index contributed by atoms with van der Waals surface area (Å²) < 4.78 is 43.2. The van der Waals surface area contributed by atoms with Crippen molar-refractivity contribution in [1.82, 2.24) is 0 Å². The highest BCUT2D eigenvalue weighted by Crippen LogP contribution is 2.30. The number of hydrogen-bond acceptors (Lipinski definition) is 6. The first-order valence-corrected chi connectivity index (χ1v) is 14.3. The van der Waals surface area contributed by atoms with E-state index in [0.29, 0.717) is 19.8 Å². The number of hydrogen-bond donors (Lipinski definition) is 1. The zero-order valence-electron chi connectivity index (χ0n) is 22.5. The number of aliphatic hydroxyl groups excluding tert-OH is 1. The molecule has 0 amide bonds. The molecule has 0 fully saturated rings. The van der Waals surface area contributed by atoms with Gasteiger partial charge in [-0.25, -0.2) is 8.42 Å². The predicted octanol–water partition coefficient (Wildman–Crippen LogP) is 6.22. The molecule has 0 saturated carbocycles. The van der Waals surface area contributed by atoms with Crippen LogP contribution in [0.25, 0.3) is 22.3 Å². The maximum atomic E-state index is 13.4. The fourth-order valence-corrected chi connectivity index (χ4v) is 5.59. The summed E-state index contributed by atoms with van der Waals surface area (Å²) in [4.78, 5) is 0.474. The van der Waals surface area contributed by atoms with Gasteiger partial charge in [-0.2, -0.15) is 0 Å². The van der Waals surface area contributed by atoms with Crippen LogP contribution in [0.5, 0.6) is 5.75 Å². The number of aliphatic hydroxyl groups is 1. The second kappa shape index (κ2) is 13.0. The van der Waals surface area contributed by atoms with Crippen LogP contribution in [0.1, 0.15) is 23.6 Å². The van der Waals surface area contributed by atoms with E-state index in [2.05, 4.69) is 0 Å². The van der Waals surface area contributed by atoms with E-state index in [9.17, 15) is 8.42 Å². The summed E-state index contributed by atoms with van der Waals surface area (Å²) in [5.74, 6) is 0.756. The van der Waals surface area contributed by atoms with Gasteiger partial charge in [0.15, 0.2) is 0 Å². The number of methoxy groups -OCH3 is 1. The average Bonchev–Trinajstić information content (AvgIpc) is 2.97. The quantitative estimate of drug-likeness (QED) is 0.213. The Balaban J connectivity index is 1.54. The van der Waals surface area contributed by atoms with Gasteiger partial charge in [0.25, 0.3) is 0 Å². The topological polar surface area (TPSA) is 82.1 Å². The highest BCUT2D eigenvalue weighted by Gasteiger charge is 2.18. The SMILES string of the molecule is CCOCc1cc(-c2ccc(S(=O)(=O)c3ccc(-c4ccc(C)c(COCCO)c4)cc3)cc2)ccc1OC. The molecule has 0 unspecified atom stereocenters. The van der Waals surface area contributed by atoms with E-state index in [1.165, 1.54) is 0 Å². The number of sulfone groups is 1. The zero-order chi connectivity index (χ0) is 27.8. The van der Waals surface area contributed by atoms with Gasteiger partial charge in [0.05, 0.1) is 43.3 Å². The fraction of sp³-hybridized carbons (Fsp3) is 0.250. The maximum absolute atomic E-state index is 13.4. The van der Waals surface area contributed by atoms with Gasteiger partial charge in [-0.3, -0.25) is 0 Å². The summed E-state index contributed by atoms with van der Waals surface area (Å²) in [5, 5.41) is 8.96. The molecule has 0 aromatic heterocycles. The second-order valence-corrected chi connectivity index (χ2v) is 11.1. The van der Waals surface area contributed by atoms with Gasteiger partial charge >= 0.3 is 0 Å². The predicted molar refractivity (Wildman–Crippen MR) is 153 cm³/mol. The van der Waals surface area contributed by atoms with Crippen LogP contribution < -0.4 is 4.74 Å². The molecule has 7 heteroatoms. The van der Waals surface area contributed by atoms with E-state index < -0.39 is 9.84 Å². The highest BCUT2D eigenvalue weighted by molar-refractivity contribution is 7.91. The van der Waals surface area contributed by atoms with Crippen LogP contribution in [0.3, 0.4) is 0 Å². The minimum atomic E-state index is -3.68. The summed E-state index contributed by atoms with van der Waals surface area (Å²) in [6, 6.07) is 25.8. The molecule has 0 aliphatic rings. The van der Waals surface area contributed by atoms with Gasteiger partial charge in [-0.15, -0.1) is 0 Å². The van der Waals surface area contributed by atoms with Crippen LogP contribution in [0.2, 0.25) is 0 Å². The zero-order valence-corrected chi connectivity index (χ0v) is 23.3. The normalized spacial score (nSPS) is 11.5. The van der Waals surface area contributed by atoms with Crippen LogP contribution in [-0.4, -0.2) is 40.5 Å². The van der Waals surface area contributed by atoms with Crippen molar-refractivity contribution in [2.45, 2.75) is 36.9 Å². The van der Waals surface area contributed by atoms with Crippen molar-refractivity contribution in [2.75, 3.05) is 26.9 Å². The lowest BCUT2D eigenvalue weighted by Gasteiger charge is -2.12. The van der Waals surface area contributed by atoms with Crippen molar-refractivity contribution in [1.29, 1.82) is 0 Å². The molecule has 4 aromatic carbocycles. The molecule has 0 saturated heterocycles. The average molecular weight is 547 g/mol. The molecule has 4 aromatic rings. The summed E-state index contributed by atoms with van der Waals surface area (Å²) >= 11 is 0. The minimum Gasteiger partial charge on any atom is -0.496 e. The van der Waals surface area contributed by atoms with E-state index in [4.69, 9.17) is 19.3 Å². The smallest absolute Gasteiger partial charge is 0.206 e. The van der Waals surface area contributed by atoms with Crippen LogP contribution >= 0.6 is 0 Å². The number of aryl methyl sites for hydroxylation is 1. The lowest BCUT2D eigenvalue weighted by atomic mass is 10.0. The van der Waals surface area contributed by atoms with Gasteiger partial charge in [-0.1, -0.05) is 42.5 Å². The first-order chi connectivity index (χ1) is 18.9. The first kappa shape index (κ1) is 28.5. The van der Waals surface area contributed by atoms with E-state index in [1.807, 2.05) is 74.5 Å². The summed E-state index contributed by atoms with van der Waals surface area (Å²) in [7, 11) is -2.05. The Kier molecular flexibility index (Phi) is 9.54. The van der Waals surface area contributed by atoms with Crippen molar-refractivity contribution >= 4 is 9.84 Å². The first-order valence-electron chi connectivity index (χ1n) is 12.9.